The standard InChI is InChI=1S/C18H18N2O5/c1-3-25-18(22)15-9-10-16(20(23)24)17(11-15)19(13(2)21)12-14-7-5-4-6-8-14/h4-11H,3,12H2,1-2H3. The van der Waals surface area contributed by atoms with Crippen LogP contribution in [0.2, 0.25) is 0 Å². The van der Waals surface area contributed by atoms with Gasteiger partial charge < -0.3 is 9.64 Å². The third-order valence-corrected chi connectivity index (χ3v) is 3.54. The average Bonchev–Trinajstić information content (AvgIpc) is 2.60. The lowest BCUT2D eigenvalue weighted by molar-refractivity contribution is -0.384. The van der Waals surface area contributed by atoms with Crippen LogP contribution < -0.4 is 4.90 Å². The highest BCUT2D eigenvalue weighted by atomic mass is 16.6. The fraction of sp³-hybridized carbons (Fsp3) is 0.222. The zero-order valence-corrected chi connectivity index (χ0v) is 14.0. The molecule has 0 radical (unpaired) electrons. The van der Waals surface area contributed by atoms with E-state index in [4.69, 9.17) is 4.74 Å². The smallest absolute Gasteiger partial charge is 0.338 e. The zero-order valence-electron chi connectivity index (χ0n) is 14.0. The molecule has 0 N–H and O–H groups in total. The van der Waals surface area contributed by atoms with Gasteiger partial charge in [-0.1, -0.05) is 30.3 Å². The predicted molar refractivity (Wildman–Crippen MR) is 92.4 cm³/mol. The molecule has 0 unspecified atom stereocenters. The minimum atomic E-state index is -0.595. The van der Waals surface area contributed by atoms with Crippen LogP contribution >= 0.6 is 0 Å². The average molecular weight is 342 g/mol. The van der Waals surface area contributed by atoms with Crippen molar-refractivity contribution in [2.75, 3.05) is 11.5 Å². The molecular formula is C18H18N2O5. The molecular weight excluding hydrogens is 324 g/mol. The number of hydrogen-bond donors (Lipinski definition) is 0. The zero-order chi connectivity index (χ0) is 18.4. The van der Waals surface area contributed by atoms with Gasteiger partial charge >= 0.3 is 5.97 Å². The molecule has 0 atom stereocenters. The van der Waals surface area contributed by atoms with Gasteiger partial charge in [0.1, 0.15) is 5.69 Å². The fourth-order valence-corrected chi connectivity index (χ4v) is 2.37. The van der Waals surface area contributed by atoms with Crippen LogP contribution in [0.1, 0.15) is 29.8 Å². The number of carbonyl (C=O) groups excluding carboxylic acids is 2. The summed E-state index contributed by atoms with van der Waals surface area (Å²) in [6, 6.07) is 13.0. The molecule has 7 heteroatoms. The van der Waals surface area contributed by atoms with Crippen LogP contribution in [0.4, 0.5) is 11.4 Å². The van der Waals surface area contributed by atoms with Crippen LogP contribution in [-0.2, 0) is 16.1 Å². The number of hydrogen-bond acceptors (Lipinski definition) is 5. The molecule has 0 fully saturated rings. The summed E-state index contributed by atoms with van der Waals surface area (Å²) in [5, 5.41) is 11.4. The van der Waals surface area contributed by atoms with E-state index in [9.17, 15) is 19.7 Å². The third kappa shape index (κ3) is 4.41. The Kier molecular flexibility index (Phi) is 5.84. The topological polar surface area (TPSA) is 89.8 Å². The first-order valence-electron chi connectivity index (χ1n) is 7.71. The first-order chi connectivity index (χ1) is 11.9. The number of nitro benzene ring substituents is 1. The summed E-state index contributed by atoms with van der Waals surface area (Å²) in [4.78, 5) is 36.1. The molecule has 130 valence electrons. The monoisotopic (exact) mass is 342 g/mol. The molecule has 0 aliphatic heterocycles. The lowest BCUT2D eigenvalue weighted by Crippen LogP contribution is -2.28. The second kappa shape index (κ2) is 8.05. The van der Waals surface area contributed by atoms with Crippen LogP contribution in [-0.4, -0.2) is 23.4 Å². The van der Waals surface area contributed by atoms with E-state index in [-0.39, 0.29) is 36.0 Å². The second-order valence-electron chi connectivity index (χ2n) is 5.27. The molecule has 0 saturated carbocycles. The number of nitro groups is 1. The van der Waals surface area contributed by atoms with E-state index >= 15 is 0 Å². The molecule has 0 aliphatic carbocycles. The maximum absolute atomic E-state index is 12.1. The molecule has 0 saturated heterocycles. The van der Waals surface area contributed by atoms with E-state index in [0.29, 0.717) is 0 Å². The van der Waals surface area contributed by atoms with Crippen LogP contribution in [0.5, 0.6) is 0 Å². The van der Waals surface area contributed by atoms with Crippen LogP contribution in [0.25, 0.3) is 0 Å². The van der Waals surface area contributed by atoms with Crippen LogP contribution in [0, 0.1) is 10.1 Å². The number of ether oxygens (including phenoxy) is 1. The van der Waals surface area contributed by atoms with Gasteiger partial charge in [0.25, 0.3) is 5.69 Å². The Morgan fingerprint density at radius 3 is 2.40 bits per heavy atom. The Morgan fingerprint density at radius 2 is 1.84 bits per heavy atom. The van der Waals surface area contributed by atoms with Crippen LogP contribution in [0.3, 0.4) is 0 Å². The number of carbonyl (C=O) groups is 2. The summed E-state index contributed by atoms with van der Waals surface area (Å²) < 4.78 is 4.93. The maximum Gasteiger partial charge on any atom is 0.338 e. The van der Waals surface area contributed by atoms with Gasteiger partial charge in [0, 0.05) is 13.0 Å². The number of amides is 1. The Bertz CT molecular complexity index is 789. The number of rotatable bonds is 6. The van der Waals surface area contributed by atoms with Gasteiger partial charge in [-0.15, -0.1) is 0 Å². The molecule has 2 rings (SSSR count). The molecule has 0 spiro atoms. The van der Waals surface area contributed by atoms with Crippen LogP contribution in [0.15, 0.2) is 48.5 Å². The highest BCUT2D eigenvalue weighted by molar-refractivity contribution is 5.97. The van der Waals surface area contributed by atoms with Crippen molar-refractivity contribution in [3.63, 3.8) is 0 Å². The van der Waals surface area contributed by atoms with E-state index in [0.717, 1.165) is 5.56 Å². The van der Waals surface area contributed by atoms with Gasteiger partial charge in [0.15, 0.2) is 0 Å². The van der Waals surface area contributed by atoms with E-state index in [1.54, 1.807) is 6.92 Å². The van der Waals surface area contributed by atoms with E-state index in [1.165, 1.54) is 30.0 Å². The first-order valence-corrected chi connectivity index (χ1v) is 7.71. The van der Waals surface area contributed by atoms with Crippen molar-refractivity contribution >= 4 is 23.3 Å². The Balaban J connectivity index is 2.50. The van der Waals surface area contributed by atoms with Gasteiger partial charge in [-0.3, -0.25) is 14.9 Å². The number of anilines is 1. The van der Waals surface area contributed by atoms with Crippen molar-refractivity contribution in [2.24, 2.45) is 0 Å². The van der Waals surface area contributed by atoms with E-state index in [2.05, 4.69) is 0 Å². The molecule has 0 heterocycles. The molecule has 2 aromatic rings. The first kappa shape index (κ1) is 18.1. The number of benzene rings is 2. The highest BCUT2D eigenvalue weighted by Gasteiger charge is 2.24. The Hall–Kier alpha value is -3.22. The van der Waals surface area contributed by atoms with Crippen molar-refractivity contribution < 1.29 is 19.2 Å². The largest absolute Gasteiger partial charge is 0.462 e. The summed E-state index contributed by atoms with van der Waals surface area (Å²) in [5.74, 6) is -0.963. The minimum Gasteiger partial charge on any atom is -0.462 e. The summed E-state index contributed by atoms with van der Waals surface area (Å²) >= 11 is 0. The van der Waals surface area contributed by atoms with Crippen molar-refractivity contribution in [2.45, 2.75) is 20.4 Å². The molecule has 7 nitrogen and oxygen atoms in total. The quantitative estimate of drug-likeness (QED) is 0.456. The fourth-order valence-electron chi connectivity index (χ4n) is 2.37. The predicted octanol–water partition coefficient (Wildman–Crippen LogP) is 3.32. The summed E-state index contributed by atoms with van der Waals surface area (Å²) in [5.41, 5.74) is 0.779. The number of nitrogens with zero attached hydrogens (tertiary/aromatic N) is 2. The van der Waals surface area contributed by atoms with Crippen molar-refractivity contribution in [1.82, 2.24) is 0 Å². The van der Waals surface area contributed by atoms with Gasteiger partial charge in [-0.25, -0.2) is 4.79 Å². The third-order valence-electron chi connectivity index (χ3n) is 3.54. The van der Waals surface area contributed by atoms with Gasteiger partial charge in [0.05, 0.1) is 23.6 Å². The maximum atomic E-state index is 12.1. The Morgan fingerprint density at radius 1 is 1.16 bits per heavy atom. The molecule has 0 aliphatic rings. The lowest BCUT2D eigenvalue weighted by atomic mass is 10.1. The summed E-state index contributed by atoms with van der Waals surface area (Å²) in [7, 11) is 0. The minimum absolute atomic E-state index is 0.0620. The van der Waals surface area contributed by atoms with Gasteiger partial charge in [-0.2, -0.15) is 0 Å². The second-order valence-corrected chi connectivity index (χ2v) is 5.27. The van der Waals surface area contributed by atoms with Gasteiger partial charge in [-0.05, 0) is 24.6 Å². The molecule has 25 heavy (non-hydrogen) atoms. The molecule has 0 bridgehead atoms. The highest BCUT2D eigenvalue weighted by Crippen LogP contribution is 2.31. The van der Waals surface area contributed by atoms with E-state index < -0.39 is 10.9 Å². The molecule has 1 amide bonds. The number of esters is 1. The normalized spacial score (nSPS) is 10.2. The molecule has 0 aromatic heterocycles. The SMILES string of the molecule is CCOC(=O)c1ccc([N+](=O)[O-])c(N(Cc2ccccc2)C(C)=O)c1. The summed E-state index contributed by atoms with van der Waals surface area (Å²) in [6.07, 6.45) is 0. The summed E-state index contributed by atoms with van der Waals surface area (Å²) in [6.45, 7) is 3.33. The van der Waals surface area contributed by atoms with Crippen molar-refractivity contribution in [3.05, 3.63) is 69.8 Å². The van der Waals surface area contributed by atoms with Crippen molar-refractivity contribution in [1.29, 1.82) is 0 Å². The van der Waals surface area contributed by atoms with Crippen molar-refractivity contribution in [3.8, 4) is 0 Å². The van der Waals surface area contributed by atoms with Gasteiger partial charge in [0.2, 0.25) is 5.91 Å². The van der Waals surface area contributed by atoms with E-state index in [1.807, 2.05) is 30.3 Å². The Labute approximate surface area is 145 Å². The lowest BCUT2D eigenvalue weighted by Gasteiger charge is -2.21. The molecule has 2 aromatic carbocycles.